The molecule has 1 saturated heterocycles. The van der Waals surface area contributed by atoms with Crippen molar-refractivity contribution in [3.63, 3.8) is 0 Å². The van der Waals surface area contributed by atoms with Gasteiger partial charge in [-0.1, -0.05) is 23.4 Å². The number of nitrogens with zero attached hydrogens (tertiary/aromatic N) is 1. The minimum absolute atomic E-state index is 0.0454. The molecule has 0 radical (unpaired) electrons. The van der Waals surface area contributed by atoms with Gasteiger partial charge in [0.25, 0.3) is 5.91 Å². The van der Waals surface area contributed by atoms with Gasteiger partial charge in [-0.15, -0.1) is 0 Å². The van der Waals surface area contributed by atoms with Gasteiger partial charge in [-0.2, -0.15) is 0 Å². The second-order valence-electron chi connectivity index (χ2n) is 7.10. The van der Waals surface area contributed by atoms with Gasteiger partial charge in [0, 0.05) is 22.5 Å². The fraction of sp³-hybridized carbons (Fsp3) is 0.136. The number of rotatable bonds is 4. The minimum atomic E-state index is -1.70. The van der Waals surface area contributed by atoms with E-state index < -0.39 is 23.4 Å². The number of aromatic hydroxyl groups is 1. The first-order chi connectivity index (χ1) is 15.2. The first kappa shape index (κ1) is 21.1. The van der Waals surface area contributed by atoms with E-state index in [0.29, 0.717) is 16.5 Å². The maximum atomic E-state index is 12.7. The second kappa shape index (κ2) is 7.83. The fourth-order valence-corrected chi connectivity index (χ4v) is 3.60. The number of urea groups is 1. The number of hydrogen-bond acceptors (Lipinski definition) is 5. The van der Waals surface area contributed by atoms with Gasteiger partial charge in [0.2, 0.25) is 5.54 Å². The van der Waals surface area contributed by atoms with E-state index in [-0.39, 0.29) is 28.6 Å². The zero-order valence-corrected chi connectivity index (χ0v) is 17.4. The van der Waals surface area contributed by atoms with Crippen LogP contribution in [0.1, 0.15) is 15.9 Å². The molecule has 3 amide bonds. The Morgan fingerprint density at radius 1 is 1.25 bits per heavy atom. The molecule has 10 heteroatoms. The third-order valence-electron chi connectivity index (χ3n) is 5.03. The Bertz CT molecular complexity index is 1350. The number of carbonyl (C=O) groups is 3. The van der Waals surface area contributed by atoms with Crippen LogP contribution in [-0.2, 0) is 11.3 Å². The Morgan fingerprint density at radius 2 is 2.03 bits per heavy atom. The molecule has 0 unspecified atom stereocenters. The molecule has 1 aliphatic heterocycles. The third kappa shape index (κ3) is 3.68. The van der Waals surface area contributed by atoms with E-state index in [1.165, 1.54) is 29.9 Å². The van der Waals surface area contributed by atoms with Crippen molar-refractivity contribution < 1.29 is 29.3 Å². The van der Waals surface area contributed by atoms with Crippen molar-refractivity contribution in [2.24, 2.45) is 0 Å². The van der Waals surface area contributed by atoms with Crippen LogP contribution in [0.5, 0.6) is 11.6 Å². The van der Waals surface area contributed by atoms with Gasteiger partial charge in [-0.25, -0.2) is 9.59 Å². The molecule has 0 aliphatic carbocycles. The van der Waals surface area contributed by atoms with Gasteiger partial charge in [0.1, 0.15) is 5.75 Å². The molecular weight excluding hydrogens is 438 g/mol. The molecule has 0 spiro atoms. The number of carbonyl (C=O) groups excluding carboxylic acids is 2. The number of amides is 3. The van der Waals surface area contributed by atoms with Crippen molar-refractivity contribution in [3.8, 4) is 23.5 Å². The van der Waals surface area contributed by atoms with E-state index in [2.05, 4.69) is 22.5 Å². The highest BCUT2D eigenvalue weighted by Gasteiger charge is 2.46. The maximum Gasteiger partial charge on any atom is 0.337 e. The van der Waals surface area contributed by atoms with E-state index in [1.54, 1.807) is 24.4 Å². The predicted molar refractivity (Wildman–Crippen MR) is 115 cm³/mol. The predicted octanol–water partition coefficient (Wildman–Crippen LogP) is 2.34. The van der Waals surface area contributed by atoms with Crippen LogP contribution in [0.25, 0.3) is 10.8 Å². The maximum absolute atomic E-state index is 12.7. The van der Waals surface area contributed by atoms with Gasteiger partial charge >= 0.3 is 12.0 Å². The summed E-state index contributed by atoms with van der Waals surface area (Å²) in [6.07, 6.45) is 1.62. The summed E-state index contributed by atoms with van der Waals surface area (Å²) < 4.78 is 6.58. The topological polar surface area (TPSA) is 130 Å². The van der Waals surface area contributed by atoms with Crippen LogP contribution in [-0.4, -0.2) is 45.3 Å². The Labute approximate surface area is 186 Å². The lowest BCUT2D eigenvalue weighted by atomic mass is 9.99. The molecule has 32 heavy (non-hydrogen) atoms. The standard InChI is InChI=1S/C22H16ClN3O6/c1-32-14-4-3-13-10-26(18(27)15(13)9-14)11-22(20(30)24-21(31)25-22)7-6-12-2-5-17(23)16(8-12)19(28)29/h2-5,8-10,27H,11H2,1H3,(H,28,29)(H2,24,25,30,31)/t22-/m1/s1. The molecule has 4 N–H and O–H groups in total. The lowest BCUT2D eigenvalue weighted by Gasteiger charge is -2.20. The van der Waals surface area contributed by atoms with E-state index in [9.17, 15) is 24.6 Å². The highest BCUT2D eigenvalue weighted by Crippen LogP contribution is 2.32. The number of ether oxygens (including phenoxy) is 1. The molecule has 1 fully saturated rings. The van der Waals surface area contributed by atoms with Crippen molar-refractivity contribution in [1.82, 2.24) is 15.2 Å². The third-order valence-corrected chi connectivity index (χ3v) is 5.36. The van der Waals surface area contributed by atoms with Gasteiger partial charge in [-0.3, -0.25) is 10.1 Å². The number of carboxylic acid groups (broad SMARTS) is 1. The van der Waals surface area contributed by atoms with Crippen molar-refractivity contribution >= 4 is 40.3 Å². The zero-order valence-electron chi connectivity index (χ0n) is 16.6. The first-order valence-corrected chi connectivity index (χ1v) is 9.66. The van der Waals surface area contributed by atoms with Crippen LogP contribution < -0.4 is 15.4 Å². The van der Waals surface area contributed by atoms with Crippen molar-refractivity contribution in [1.29, 1.82) is 0 Å². The number of hydrogen-bond donors (Lipinski definition) is 4. The molecule has 0 bridgehead atoms. The van der Waals surface area contributed by atoms with E-state index >= 15 is 0 Å². The number of methoxy groups -OCH3 is 1. The highest BCUT2D eigenvalue weighted by molar-refractivity contribution is 6.33. The summed E-state index contributed by atoms with van der Waals surface area (Å²) in [5.41, 5.74) is -1.56. The summed E-state index contributed by atoms with van der Waals surface area (Å²) in [6.45, 7) is -0.195. The van der Waals surface area contributed by atoms with E-state index in [1.807, 2.05) is 0 Å². The molecule has 1 atom stereocenters. The number of halogens is 1. The average Bonchev–Trinajstić information content (AvgIpc) is 3.22. The van der Waals surface area contributed by atoms with Crippen LogP contribution in [0.3, 0.4) is 0 Å². The highest BCUT2D eigenvalue weighted by atomic mass is 35.5. The van der Waals surface area contributed by atoms with Crippen LogP contribution >= 0.6 is 11.6 Å². The number of carboxylic acids is 1. The molecule has 3 aromatic rings. The number of imide groups is 1. The molecule has 1 aliphatic rings. The van der Waals surface area contributed by atoms with Gasteiger partial charge < -0.3 is 24.8 Å². The fourth-order valence-electron chi connectivity index (χ4n) is 3.40. The van der Waals surface area contributed by atoms with Crippen LogP contribution in [0.15, 0.2) is 42.6 Å². The van der Waals surface area contributed by atoms with Crippen molar-refractivity contribution in [2.45, 2.75) is 12.1 Å². The molecule has 2 heterocycles. The molecule has 162 valence electrons. The second-order valence-corrected chi connectivity index (χ2v) is 7.50. The van der Waals surface area contributed by atoms with Gasteiger partial charge in [-0.05, 0) is 36.4 Å². The number of benzene rings is 2. The van der Waals surface area contributed by atoms with Crippen LogP contribution in [0.2, 0.25) is 5.02 Å². The monoisotopic (exact) mass is 453 g/mol. The summed E-state index contributed by atoms with van der Waals surface area (Å²) in [5, 5.41) is 25.8. The summed E-state index contributed by atoms with van der Waals surface area (Å²) in [7, 11) is 1.50. The van der Waals surface area contributed by atoms with Crippen molar-refractivity contribution in [3.05, 3.63) is 58.7 Å². The smallest absolute Gasteiger partial charge is 0.337 e. The number of aromatic carboxylic acids is 1. The Hall–Kier alpha value is -4.16. The van der Waals surface area contributed by atoms with Crippen molar-refractivity contribution in [2.75, 3.05) is 7.11 Å². The van der Waals surface area contributed by atoms with Gasteiger partial charge in [0.05, 0.1) is 24.2 Å². The summed E-state index contributed by atoms with van der Waals surface area (Å²) >= 11 is 5.88. The first-order valence-electron chi connectivity index (χ1n) is 9.28. The average molecular weight is 454 g/mol. The zero-order chi connectivity index (χ0) is 23.0. The normalized spacial score (nSPS) is 17.4. The van der Waals surface area contributed by atoms with Crippen LogP contribution in [0, 0.1) is 11.8 Å². The SMILES string of the molecule is COc1ccc2cn(C[C@@]3(C#Cc4ccc(Cl)c(C(=O)O)c4)NC(=O)NC3=O)c(O)c2c1. The van der Waals surface area contributed by atoms with E-state index in [4.69, 9.17) is 16.3 Å². The quantitative estimate of drug-likeness (QED) is 0.354. The minimum Gasteiger partial charge on any atom is -0.497 e. The Balaban J connectivity index is 1.76. The lowest BCUT2D eigenvalue weighted by molar-refractivity contribution is -0.122. The molecule has 1 aromatic heterocycles. The summed E-state index contributed by atoms with van der Waals surface area (Å²) in [5.74, 6) is 3.96. The van der Waals surface area contributed by atoms with Crippen LogP contribution in [0.4, 0.5) is 4.79 Å². The molecular formula is C22H16ClN3O6. The molecule has 2 aromatic carbocycles. The number of nitrogens with one attached hydrogen (secondary N) is 2. The van der Waals surface area contributed by atoms with E-state index in [0.717, 1.165) is 0 Å². The van der Waals surface area contributed by atoms with Gasteiger partial charge in [0.15, 0.2) is 5.88 Å². The number of fused-ring (bicyclic) bond motifs is 1. The Kier molecular flexibility index (Phi) is 5.16. The largest absolute Gasteiger partial charge is 0.497 e. The molecule has 4 rings (SSSR count). The lowest BCUT2D eigenvalue weighted by Crippen LogP contribution is -2.49. The molecule has 0 saturated carbocycles. The number of aromatic nitrogens is 1. The molecule has 9 nitrogen and oxygen atoms in total. The Morgan fingerprint density at radius 3 is 2.69 bits per heavy atom. The summed E-state index contributed by atoms with van der Waals surface area (Å²) in [6, 6.07) is 8.54. The summed E-state index contributed by atoms with van der Waals surface area (Å²) in [4.78, 5) is 35.9.